The van der Waals surface area contributed by atoms with Gasteiger partial charge < -0.3 is 30.1 Å². The molecule has 26 heavy (non-hydrogen) atoms. The van der Waals surface area contributed by atoms with Crippen LogP contribution in [-0.4, -0.2) is 41.4 Å². The number of nitrogens with one attached hydrogen (secondary N) is 1. The van der Waals surface area contributed by atoms with Crippen LogP contribution in [0.1, 0.15) is 15.9 Å². The number of benzene rings is 2. The number of phenolic OH excluding ortho intramolecular Hbond substituents is 2. The van der Waals surface area contributed by atoms with E-state index in [0.717, 1.165) is 6.07 Å². The molecule has 0 unspecified atom stereocenters. The summed E-state index contributed by atoms with van der Waals surface area (Å²) in [5, 5.41) is 30.8. The molecule has 1 amide bonds. The summed E-state index contributed by atoms with van der Waals surface area (Å²) < 4.78 is 9.90. The number of carboxylic acid groups (broad SMARTS) is 1. The maximum absolute atomic E-state index is 12.1. The summed E-state index contributed by atoms with van der Waals surface area (Å²) in [6.07, 6.45) is 2.66. The highest BCUT2D eigenvalue weighted by molar-refractivity contribution is 6.06. The lowest BCUT2D eigenvalue weighted by atomic mass is 10.1. The highest BCUT2D eigenvalue weighted by Gasteiger charge is 2.16. The molecule has 0 aliphatic rings. The van der Waals surface area contributed by atoms with E-state index in [9.17, 15) is 24.9 Å². The first kappa shape index (κ1) is 18.7. The number of rotatable bonds is 6. The number of hydrogen-bond acceptors (Lipinski definition) is 6. The van der Waals surface area contributed by atoms with Gasteiger partial charge in [0.25, 0.3) is 0 Å². The molecule has 0 radical (unpaired) electrons. The number of phenols is 2. The standard InChI is InChI=1S/C18H17NO7/c1-25-15-7-10(3-5-13(15)20)4-6-17(22)19-12-9-16(26-2)14(21)8-11(12)18(23)24/h3-9,20-21H,1-2H3,(H,19,22)(H,23,24). The Labute approximate surface area is 148 Å². The average Bonchev–Trinajstić information content (AvgIpc) is 2.61. The van der Waals surface area contributed by atoms with Crippen LogP contribution in [-0.2, 0) is 4.79 Å². The van der Waals surface area contributed by atoms with Crippen LogP contribution in [0.4, 0.5) is 5.69 Å². The number of anilines is 1. The molecule has 136 valence electrons. The van der Waals surface area contributed by atoms with Crippen LogP contribution in [0.2, 0.25) is 0 Å². The number of carboxylic acids is 1. The van der Waals surface area contributed by atoms with E-state index in [0.29, 0.717) is 5.56 Å². The summed E-state index contributed by atoms with van der Waals surface area (Å²) in [6.45, 7) is 0. The van der Waals surface area contributed by atoms with Crippen molar-refractivity contribution in [1.29, 1.82) is 0 Å². The summed E-state index contributed by atoms with van der Waals surface area (Å²) >= 11 is 0. The third-order valence-electron chi connectivity index (χ3n) is 3.44. The molecule has 0 aliphatic carbocycles. The van der Waals surface area contributed by atoms with Crippen LogP contribution in [0.25, 0.3) is 6.08 Å². The van der Waals surface area contributed by atoms with E-state index in [-0.39, 0.29) is 34.2 Å². The van der Waals surface area contributed by atoms with Crippen molar-refractivity contribution in [2.75, 3.05) is 19.5 Å². The minimum absolute atomic E-state index is 0.0231. The topological polar surface area (TPSA) is 125 Å². The van der Waals surface area contributed by atoms with Crippen molar-refractivity contribution in [1.82, 2.24) is 0 Å². The number of aromatic carboxylic acids is 1. The van der Waals surface area contributed by atoms with E-state index in [1.54, 1.807) is 6.07 Å². The Morgan fingerprint density at radius 3 is 2.27 bits per heavy atom. The Kier molecular flexibility index (Phi) is 5.69. The quantitative estimate of drug-likeness (QED) is 0.461. The molecule has 0 aromatic heterocycles. The molecule has 2 aromatic rings. The van der Waals surface area contributed by atoms with Crippen LogP contribution in [0.5, 0.6) is 23.0 Å². The van der Waals surface area contributed by atoms with E-state index >= 15 is 0 Å². The molecule has 8 heteroatoms. The Morgan fingerprint density at radius 1 is 1.00 bits per heavy atom. The van der Waals surface area contributed by atoms with E-state index in [1.165, 1.54) is 44.6 Å². The highest BCUT2D eigenvalue weighted by Crippen LogP contribution is 2.32. The summed E-state index contributed by atoms with van der Waals surface area (Å²) in [4.78, 5) is 23.4. The van der Waals surface area contributed by atoms with Crippen LogP contribution in [0, 0.1) is 0 Å². The summed E-state index contributed by atoms with van der Waals surface area (Å²) in [5.74, 6) is -2.01. The molecule has 0 spiro atoms. The zero-order valence-corrected chi connectivity index (χ0v) is 14.0. The lowest BCUT2D eigenvalue weighted by molar-refractivity contribution is -0.111. The summed E-state index contributed by atoms with van der Waals surface area (Å²) in [5.41, 5.74) is 0.290. The molecule has 0 heterocycles. The van der Waals surface area contributed by atoms with Crippen molar-refractivity contribution in [2.45, 2.75) is 0 Å². The molecule has 0 saturated carbocycles. The second-order valence-corrected chi connectivity index (χ2v) is 5.13. The molecule has 4 N–H and O–H groups in total. The van der Waals surface area contributed by atoms with Crippen LogP contribution >= 0.6 is 0 Å². The van der Waals surface area contributed by atoms with E-state index < -0.39 is 11.9 Å². The molecule has 0 bridgehead atoms. The Hall–Kier alpha value is -3.68. The van der Waals surface area contributed by atoms with Gasteiger partial charge in [-0.05, 0) is 23.8 Å². The van der Waals surface area contributed by atoms with Gasteiger partial charge in [-0.15, -0.1) is 0 Å². The molecule has 2 aromatic carbocycles. The third-order valence-corrected chi connectivity index (χ3v) is 3.44. The number of methoxy groups -OCH3 is 2. The molecule has 0 saturated heterocycles. The molecule has 0 fully saturated rings. The molecule has 0 aliphatic heterocycles. The van der Waals surface area contributed by atoms with Gasteiger partial charge in [0.15, 0.2) is 23.0 Å². The first-order valence-electron chi connectivity index (χ1n) is 7.36. The number of ether oxygens (including phenoxy) is 2. The van der Waals surface area contributed by atoms with Crippen LogP contribution < -0.4 is 14.8 Å². The maximum atomic E-state index is 12.1. The fraction of sp³-hybridized carbons (Fsp3) is 0.111. The fourth-order valence-electron chi connectivity index (χ4n) is 2.16. The molecular weight excluding hydrogens is 342 g/mol. The van der Waals surface area contributed by atoms with E-state index in [2.05, 4.69) is 5.32 Å². The van der Waals surface area contributed by atoms with Crippen LogP contribution in [0.3, 0.4) is 0 Å². The summed E-state index contributed by atoms with van der Waals surface area (Å²) in [7, 11) is 2.71. The molecule has 8 nitrogen and oxygen atoms in total. The van der Waals surface area contributed by atoms with Gasteiger partial charge in [-0.1, -0.05) is 6.07 Å². The predicted molar refractivity (Wildman–Crippen MR) is 93.9 cm³/mol. The van der Waals surface area contributed by atoms with Crippen molar-refractivity contribution in [2.24, 2.45) is 0 Å². The minimum atomic E-state index is -1.31. The van der Waals surface area contributed by atoms with Gasteiger partial charge in [-0.25, -0.2) is 4.79 Å². The third kappa shape index (κ3) is 4.23. The minimum Gasteiger partial charge on any atom is -0.504 e. The van der Waals surface area contributed by atoms with Gasteiger partial charge in [-0.3, -0.25) is 4.79 Å². The molecule has 0 atom stereocenters. The van der Waals surface area contributed by atoms with Gasteiger partial charge in [0.1, 0.15) is 0 Å². The Balaban J connectivity index is 2.23. The highest BCUT2D eigenvalue weighted by atomic mass is 16.5. The molecule has 2 rings (SSSR count). The predicted octanol–water partition coefficient (Wildman–Crippen LogP) is 2.47. The number of hydrogen-bond donors (Lipinski definition) is 4. The first-order chi connectivity index (χ1) is 12.3. The van der Waals surface area contributed by atoms with E-state index in [4.69, 9.17) is 9.47 Å². The van der Waals surface area contributed by atoms with Crippen LogP contribution in [0.15, 0.2) is 36.4 Å². The average molecular weight is 359 g/mol. The number of aromatic hydroxyl groups is 2. The zero-order chi connectivity index (χ0) is 19.3. The normalized spacial score (nSPS) is 10.5. The van der Waals surface area contributed by atoms with Gasteiger partial charge >= 0.3 is 5.97 Å². The monoisotopic (exact) mass is 359 g/mol. The van der Waals surface area contributed by atoms with Crippen molar-refractivity contribution in [3.8, 4) is 23.0 Å². The van der Waals surface area contributed by atoms with Gasteiger partial charge in [0.05, 0.1) is 25.5 Å². The maximum Gasteiger partial charge on any atom is 0.337 e. The van der Waals surface area contributed by atoms with Crippen molar-refractivity contribution < 1.29 is 34.4 Å². The molecular formula is C18H17NO7. The van der Waals surface area contributed by atoms with Crippen molar-refractivity contribution in [3.05, 3.63) is 47.5 Å². The number of amides is 1. The summed E-state index contributed by atoms with van der Waals surface area (Å²) in [6, 6.07) is 6.74. The second kappa shape index (κ2) is 7.93. The van der Waals surface area contributed by atoms with Gasteiger partial charge in [0.2, 0.25) is 5.91 Å². The van der Waals surface area contributed by atoms with Crippen molar-refractivity contribution in [3.63, 3.8) is 0 Å². The van der Waals surface area contributed by atoms with E-state index in [1.807, 2.05) is 0 Å². The van der Waals surface area contributed by atoms with Gasteiger partial charge in [-0.2, -0.15) is 0 Å². The fourth-order valence-corrected chi connectivity index (χ4v) is 2.16. The first-order valence-corrected chi connectivity index (χ1v) is 7.36. The Morgan fingerprint density at radius 2 is 1.65 bits per heavy atom. The zero-order valence-electron chi connectivity index (χ0n) is 14.0. The van der Waals surface area contributed by atoms with Gasteiger partial charge in [0, 0.05) is 18.2 Å². The number of carbonyl (C=O) groups is 2. The Bertz CT molecular complexity index is 874. The largest absolute Gasteiger partial charge is 0.504 e. The smallest absolute Gasteiger partial charge is 0.337 e. The lowest BCUT2D eigenvalue weighted by Crippen LogP contribution is -2.12. The van der Waals surface area contributed by atoms with Crippen molar-refractivity contribution >= 4 is 23.6 Å². The lowest BCUT2D eigenvalue weighted by Gasteiger charge is -2.10. The second-order valence-electron chi connectivity index (χ2n) is 5.13. The number of carbonyl (C=O) groups excluding carboxylic acids is 1. The SMILES string of the molecule is COc1cc(C=CC(=O)Nc2cc(OC)c(O)cc2C(=O)O)ccc1O.